The molecule has 28 heavy (non-hydrogen) atoms. The Bertz CT molecular complexity index is 990. The monoisotopic (exact) mass is 418 g/mol. The van der Waals surface area contributed by atoms with Crippen molar-refractivity contribution < 1.29 is 9.90 Å². The molecule has 146 valence electrons. The zero-order chi connectivity index (χ0) is 19.7. The van der Waals surface area contributed by atoms with Gasteiger partial charge in [-0.3, -0.25) is 4.79 Å². The third-order valence-electron chi connectivity index (χ3n) is 5.39. The number of hydrogen-bond acceptors (Lipinski definition) is 4. The number of rotatable bonds is 5. The number of nitrogens with zero attached hydrogens (tertiary/aromatic N) is 3. The van der Waals surface area contributed by atoms with Crippen LogP contribution in [0.2, 0.25) is 5.02 Å². The van der Waals surface area contributed by atoms with Crippen molar-refractivity contribution in [3.63, 3.8) is 0 Å². The normalized spacial score (nSPS) is 20.4. The van der Waals surface area contributed by atoms with Crippen molar-refractivity contribution in [1.82, 2.24) is 14.5 Å². The molecule has 1 aliphatic rings. The first-order chi connectivity index (χ1) is 13.6. The van der Waals surface area contributed by atoms with Gasteiger partial charge in [-0.2, -0.15) is 0 Å². The molecule has 0 aliphatic heterocycles. The number of nitrogens with one attached hydrogen (secondary N) is 1. The third-order valence-corrected chi connectivity index (χ3v) is 5.88. The SMILES string of the molecule is O=C(CCl)Nc1ncnc2c1ccn2C1CCC(C(O)c2ccc(Cl)cc2)C1. The summed E-state index contributed by atoms with van der Waals surface area (Å²) in [6.45, 7) is 0. The summed E-state index contributed by atoms with van der Waals surface area (Å²) in [6.07, 6.45) is 5.62. The molecule has 2 aromatic heterocycles. The van der Waals surface area contributed by atoms with E-state index in [1.807, 2.05) is 24.4 Å². The van der Waals surface area contributed by atoms with Gasteiger partial charge in [-0.05, 0) is 48.9 Å². The Hall–Kier alpha value is -2.15. The fourth-order valence-corrected chi connectivity index (χ4v) is 4.19. The lowest BCUT2D eigenvalue weighted by atomic mass is 9.94. The molecule has 2 heterocycles. The summed E-state index contributed by atoms with van der Waals surface area (Å²) in [5, 5.41) is 14.9. The number of aliphatic hydroxyl groups excluding tert-OH is 1. The highest BCUT2D eigenvalue weighted by Crippen LogP contribution is 2.42. The van der Waals surface area contributed by atoms with Gasteiger partial charge in [0.2, 0.25) is 5.91 Å². The molecule has 4 rings (SSSR count). The van der Waals surface area contributed by atoms with E-state index in [0.29, 0.717) is 10.8 Å². The van der Waals surface area contributed by atoms with Crippen LogP contribution in [0.15, 0.2) is 42.9 Å². The Balaban J connectivity index is 1.54. The minimum Gasteiger partial charge on any atom is -0.388 e. The summed E-state index contributed by atoms with van der Waals surface area (Å²) in [7, 11) is 0. The standard InChI is InChI=1S/C20H20Cl2N4O2/c21-10-17(27)25-19-16-7-8-26(20(16)24-11-23-19)15-6-3-13(9-15)18(28)12-1-4-14(22)5-2-12/h1-2,4-5,7-8,11,13,15,18,28H,3,6,9-10H2,(H,23,24,25,27). The molecular weight excluding hydrogens is 399 g/mol. The number of fused-ring (bicyclic) bond motifs is 1. The van der Waals surface area contributed by atoms with Crippen molar-refractivity contribution in [3.8, 4) is 0 Å². The first kappa shape index (κ1) is 19.2. The summed E-state index contributed by atoms with van der Waals surface area (Å²) < 4.78 is 2.11. The molecule has 2 N–H and O–H groups in total. The third kappa shape index (κ3) is 3.72. The summed E-state index contributed by atoms with van der Waals surface area (Å²) >= 11 is 11.5. The van der Waals surface area contributed by atoms with E-state index in [9.17, 15) is 9.90 Å². The van der Waals surface area contributed by atoms with Crippen molar-refractivity contribution in [1.29, 1.82) is 0 Å². The molecule has 0 spiro atoms. The maximum absolute atomic E-state index is 11.6. The van der Waals surface area contributed by atoms with Gasteiger partial charge in [0.15, 0.2) is 0 Å². The lowest BCUT2D eigenvalue weighted by Crippen LogP contribution is -2.14. The number of aromatic nitrogens is 3. The van der Waals surface area contributed by atoms with Gasteiger partial charge >= 0.3 is 0 Å². The van der Waals surface area contributed by atoms with Crippen LogP contribution in [0.25, 0.3) is 11.0 Å². The number of halogens is 2. The Morgan fingerprint density at radius 2 is 2.04 bits per heavy atom. The molecule has 0 radical (unpaired) electrons. The zero-order valence-corrected chi connectivity index (χ0v) is 16.6. The summed E-state index contributed by atoms with van der Waals surface area (Å²) in [5.74, 6) is 0.200. The van der Waals surface area contributed by atoms with Crippen LogP contribution >= 0.6 is 23.2 Å². The highest BCUT2D eigenvalue weighted by molar-refractivity contribution is 6.30. The molecule has 0 bridgehead atoms. The highest BCUT2D eigenvalue weighted by atomic mass is 35.5. The number of alkyl halides is 1. The zero-order valence-electron chi connectivity index (χ0n) is 15.1. The van der Waals surface area contributed by atoms with Crippen molar-refractivity contribution in [3.05, 3.63) is 53.4 Å². The minimum absolute atomic E-state index is 0.126. The molecule has 1 amide bonds. The number of aliphatic hydroxyl groups is 1. The van der Waals surface area contributed by atoms with Crippen LogP contribution in [0.3, 0.4) is 0 Å². The highest BCUT2D eigenvalue weighted by Gasteiger charge is 2.32. The average Bonchev–Trinajstić information content (AvgIpc) is 3.35. The molecule has 3 unspecified atom stereocenters. The quantitative estimate of drug-likeness (QED) is 0.603. The molecule has 1 fully saturated rings. The van der Waals surface area contributed by atoms with E-state index in [1.54, 1.807) is 12.1 Å². The fourth-order valence-electron chi connectivity index (χ4n) is 3.99. The Morgan fingerprint density at radius 1 is 1.25 bits per heavy atom. The molecule has 8 heteroatoms. The van der Waals surface area contributed by atoms with Gasteiger partial charge in [0.1, 0.15) is 23.7 Å². The van der Waals surface area contributed by atoms with Crippen LogP contribution in [0.4, 0.5) is 5.82 Å². The van der Waals surface area contributed by atoms with Gasteiger partial charge < -0.3 is 15.0 Å². The molecular formula is C20H20Cl2N4O2. The second-order valence-corrected chi connectivity index (χ2v) is 7.79. The van der Waals surface area contributed by atoms with Gasteiger partial charge in [0.05, 0.1) is 11.5 Å². The lowest BCUT2D eigenvalue weighted by Gasteiger charge is -2.19. The lowest BCUT2D eigenvalue weighted by molar-refractivity contribution is -0.113. The van der Waals surface area contributed by atoms with Crippen molar-refractivity contribution in [2.45, 2.75) is 31.4 Å². The summed E-state index contributed by atoms with van der Waals surface area (Å²) in [5.41, 5.74) is 1.66. The predicted molar refractivity (Wildman–Crippen MR) is 110 cm³/mol. The van der Waals surface area contributed by atoms with Crippen LogP contribution in [0.1, 0.15) is 37.0 Å². The predicted octanol–water partition coefficient (Wildman–Crippen LogP) is 4.34. The van der Waals surface area contributed by atoms with E-state index in [2.05, 4.69) is 19.9 Å². The molecule has 3 aromatic rings. The van der Waals surface area contributed by atoms with E-state index < -0.39 is 6.10 Å². The van der Waals surface area contributed by atoms with E-state index in [1.165, 1.54) is 6.33 Å². The Labute approximate surface area is 172 Å². The average molecular weight is 419 g/mol. The van der Waals surface area contributed by atoms with Crippen molar-refractivity contribution in [2.75, 3.05) is 11.2 Å². The van der Waals surface area contributed by atoms with Gasteiger partial charge in [-0.1, -0.05) is 23.7 Å². The van der Waals surface area contributed by atoms with Gasteiger partial charge in [-0.15, -0.1) is 11.6 Å². The van der Waals surface area contributed by atoms with E-state index in [4.69, 9.17) is 23.2 Å². The van der Waals surface area contributed by atoms with E-state index in [-0.39, 0.29) is 23.7 Å². The molecule has 6 nitrogen and oxygen atoms in total. The van der Waals surface area contributed by atoms with Crippen molar-refractivity contribution in [2.24, 2.45) is 5.92 Å². The van der Waals surface area contributed by atoms with Gasteiger partial charge in [0.25, 0.3) is 0 Å². The maximum Gasteiger partial charge on any atom is 0.240 e. The first-order valence-electron chi connectivity index (χ1n) is 9.17. The van der Waals surface area contributed by atoms with E-state index in [0.717, 1.165) is 35.9 Å². The van der Waals surface area contributed by atoms with Gasteiger partial charge in [-0.25, -0.2) is 9.97 Å². The number of amides is 1. The molecule has 3 atom stereocenters. The topological polar surface area (TPSA) is 80.0 Å². The van der Waals surface area contributed by atoms with Crippen LogP contribution in [-0.4, -0.2) is 31.4 Å². The fraction of sp³-hybridized carbons (Fsp3) is 0.350. The van der Waals surface area contributed by atoms with Crippen molar-refractivity contribution >= 4 is 46.0 Å². The molecule has 1 aliphatic carbocycles. The second-order valence-electron chi connectivity index (χ2n) is 7.09. The van der Waals surface area contributed by atoms with Gasteiger partial charge in [0, 0.05) is 17.3 Å². The summed E-state index contributed by atoms with van der Waals surface area (Å²) in [6, 6.07) is 9.51. The molecule has 1 saturated carbocycles. The smallest absolute Gasteiger partial charge is 0.240 e. The number of carbonyl (C=O) groups excluding carboxylic acids is 1. The number of anilines is 1. The molecule has 1 aromatic carbocycles. The Kier molecular flexibility index (Phi) is 5.53. The largest absolute Gasteiger partial charge is 0.388 e. The second kappa shape index (κ2) is 8.07. The van der Waals surface area contributed by atoms with Crippen LogP contribution in [-0.2, 0) is 4.79 Å². The van der Waals surface area contributed by atoms with Crippen LogP contribution < -0.4 is 5.32 Å². The Morgan fingerprint density at radius 3 is 2.79 bits per heavy atom. The maximum atomic E-state index is 11.6. The minimum atomic E-state index is -0.516. The number of hydrogen-bond donors (Lipinski definition) is 2. The van der Waals surface area contributed by atoms with E-state index >= 15 is 0 Å². The first-order valence-corrected chi connectivity index (χ1v) is 10.1. The van der Waals surface area contributed by atoms with Crippen LogP contribution in [0, 0.1) is 5.92 Å². The summed E-state index contributed by atoms with van der Waals surface area (Å²) in [4.78, 5) is 20.2. The number of carbonyl (C=O) groups is 1. The molecule has 0 saturated heterocycles. The van der Waals surface area contributed by atoms with Crippen LogP contribution in [0.5, 0.6) is 0 Å². The number of benzene rings is 1.